The first-order valence-corrected chi connectivity index (χ1v) is 7.06. The number of anilines is 1. The van der Waals surface area contributed by atoms with Gasteiger partial charge in [0, 0.05) is 12.4 Å². The van der Waals surface area contributed by atoms with E-state index in [2.05, 4.69) is 51.6 Å². The Hall–Kier alpha value is -3.14. The summed E-state index contributed by atoms with van der Waals surface area (Å²) in [5, 5.41) is 8.01. The quantitative estimate of drug-likeness (QED) is 0.587. The maximum Gasteiger partial charge on any atom is 0.153 e. The summed E-state index contributed by atoms with van der Waals surface area (Å²) in [7, 11) is 0. The zero-order valence-corrected chi connectivity index (χ0v) is 11.8. The Morgan fingerprint density at radius 2 is 1.64 bits per heavy atom. The monoisotopic (exact) mass is 286 g/mol. The van der Waals surface area contributed by atoms with E-state index < -0.39 is 0 Å². The molecular weight excluding hydrogens is 272 g/mol. The van der Waals surface area contributed by atoms with Crippen molar-refractivity contribution in [2.24, 2.45) is 0 Å². The van der Waals surface area contributed by atoms with E-state index in [4.69, 9.17) is 5.73 Å². The maximum atomic E-state index is 5.98. The Labute approximate surface area is 127 Å². The first-order chi connectivity index (χ1) is 10.8. The average molecular weight is 286 g/mol. The molecule has 0 saturated heterocycles. The zero-order chi connectivity index (χ0) is 14.9. The third-order valence-corrected chi connectivity index (χ3v) is 3.81. The van der Waals surface area contributed by atoms with Gasteiger partial charge < -0.3 is 5.73 Å². The van der Waals surface area contributed by atoms with Crippen LogP contribution in [0.15, 0.2) is 67.0 Å². The fourth-order valence-electron chi connectivity index (χ4n) is 2.71. The summed E-state index contributed by atoms with van der Waals surface area (Å²) in [4.78, 5) is 4.16. The van der Waals surface area contributed by atoms with Gasteiger partial charge in [-0.2, -0.15) is 5.10 Å². The first-order valence-electron chi connectivity index (χ1n) is 7.06. The molecule has 106 valence electrons. The van der Waals surface area contributed by atoms with Gasteiger partial charge in [-0.3, -0.25) is 10.1 Å². The number of pyridine rings is 1. The molecule has 4 nitrogen and oxygen atoms in total. The van der Waals surface area contributed by atoms with Gasteiger partial charge in [-0.05, 0) is 34.4 Å². The van der Waals surface area contributed by atoms with Gasteiger partial charge in [0.05, 0.1) is 10.9 Å². The number of fused-ring (bicyclic) bond motifs is 1. The number of aromatic nitrogens is 3. The van der Waals surface area contributed by atoms with Crippen LogP contribution >= 0.6 is 0 Å². The number of aromatic amines is 1. The molecule has 0 spiro atoms. The zero-order valence-electron chi connectivity index (χ0n) is 11.8. The van der Waals surface area contributed by atoms with Crippen LogP contribution in [-0.4, -0.2) is 15.2 Å². The number of nitrogens with zero attached hydrogens (tertiary/aromatic N) is 2. The molecule has 0 aliphatic rings. The minimum absolute atomic E-state index is 0.530. The summed E-state index contributed by atoms with van der Waals surface area (Å²) in [5.74, 6) is 0.530. The van der Waals surface area contributed by atoms with Crippen molar-refractivity contribution in [1.82, 2.24) is 15.2 Å². The molecule has 4 heteroatoms. The summed E-state index contributed by atoms with van der Waals surface area (Å²) in [6, 6.07) is 18.4. The van der Waals surface area contributed by atoms with E-state index in [1.807, 2.05) is 24.4 Å². The minimum Gasteiger partial charge on any atom is -0.382 e. The molecule has 0 amide bonds. The largest absolute Gasteiger partial charge is 0.382 e. The predicted molar refractivity (Wildman–Crippen MR) is 89.2 cm³/mol. The molecule has 3 N–H and O–H groups in total. The lowest BCUT2D eigenvalue weighted by atomic mass is 9.98. The smallest absolute Gasteiger partial charge is 0.153 e. The average Bonchev–Trinajstić information content (AvgIpc) is 2.97. The highest BCUT2D eigenvalue weighted by Gasteiger charge is 2.09. The molecule has 2 heterocycles. The number of nitrogen functional groups attached to an aromatic ring is 1. The Kier molecular flexibility index (Phi) is 2.86. The molecule has 0 radical (unpaired) electrons. The number of rotatable bonds is 2. The molecule has 4 rings (SSSR count). The van der Waals surface area contributed by atoms with Gasteiger partial charge in [-0.25, -0.2) is 0 Å². The van der Waals surface area contributed by atoms with Gasteiger partial charge in [0.1, 0.15) is 0 Å². The third-order valence-electron chi connectivity index (χ3n) is 3.81. The van der Waals surface area contributed by atoms with Crippen LogP contribution < -0.4 is 5.73 Å². The number of nitrogens with two attached hydrogens (primary N) is 1. The SMILES string of the molecule is Nc1n[nH]c2cccc(-c3ccc(-c4cccnc4)cc3)c12. The van der Waals surface area contributed by atoms with E-state index >= 15 is 0 Å². The highest BCUT2D eigenvalue weighted by molar-refractivity contribution is 6.01. The van der Waals surface area contributed by atoms with Gasteiger partial charge in [0.2, 0.25) is 0 Å². The molecular formula is C18H14N4. The molecule has 0 bridgehead atoms. The predicted octanol–water partition coefficient (Wildman–Crippen LogP) is 3.87. The number of hydrogen-bond donors (Lipinski definition) is 2. The number of benzene rings is 2. The van der Waals surface area contributed by atoms with Crippen LogP contribution in [0.25, 0.3) is 33.2 Å². The summed E-state index contributed by atoms with van der Waals surface area (Å²) in [5.41, 5.74) is 11.4. The lowest BCUT2D eigenvalue weighted by Gasteiger charge is -2.06. The highest BCUT2D eigenvalue weighted by Crippen LogP contribution is 2.32. The molecule has 0 aliphatic carbocycles. The van der Waals surface area contributed by atoms with Crippen LogP contribution in [0.4, 0.5) is 5.82 Å². The van der Waals surface area contributed by atoms with E-state index in [9.17, 15) is 0 Å². The van der Waals surface area contributed by atoms with Crippen LogP contribution in [0.3, 0.4) is 0 Å². The molecule has 22 heavy (non-hydrogen) atoms. The summed E-state index contributed by atoms with van der Waals surface area (Å²) >= 11 is 0. The molecule has 0 fully saturated rings. The molecule has 0 atom stereocenters. The summed E-state index contributed by atoms with van der Waals surface area (Å²) < 4.78 is 0. The summed E-state index contributed by atoms with van der Waals surface area (Å²) in [6.07, 6.45) is 3.64. The Morgan fingerprint density at radius 3 is 2.41 bits per heavy atom. The van der Waals surface area contributed by atoms with E-state index in [0.29, 0.717) is 5.82 Å². The number of H-pyrrole nitrogens is 1. The van der Waals surface area contributed by atoms with Crippen LogP contribution in [-0.2, 0) is 0 Å². The minimum atomic E-state index is 0.530. The lowest BCUT2D eigenvalue weighted by molar-refractivity contribution is 1.13. The maximum absolute atomic E-state index is 5.98. The standard InChI is InChI=1S/C18H14N4/c19-18-17-15(4-1-5-16(17)21-22-18)13-8-6-12(7-9-13)14-3-2-10-20-11-14/h1-11H,(H3,19,21,22). The molecule has 0 saturated carbocycles. The van der Waals surface area contributed by atoms with Crippen molar-refractivity contribution in [3.05, 3.63) is 67.0 Å². The normalized spacial score (nSPS) is 10.9. The van der Waals surface area contributed by atoms with Crippen LogP contribution in [0, 0.1) is 0 Å². The Balaban J connectivity index is 1.81. The van der Waals surface area contributed by atoms with Gasteiger partial charge >= 0.3 is 0 Å². The van der Waals surface area contributed by atoms with Crippen molar-refractivity contribution in [3.8, 4) is 22.3 Å². The van der Waals surface area contributed by atoms with E-state index in [-0.39, 0.29) is 0 Å². The van der Waals surface area contributed by atoms with Crippen molar-refractivity contribution in [2.45, 2.75) is 0 Å². The van der Waals surface area contributed by atoms with Crippen molar-refractivity contribution in [1.29, 1.82) is 0 Å². The van der Waals surface area contributed by atoms with Crippen molar-refractivity contribution < 1.29 is 0 Å². The van der Waals surface area contributed by atoms with Crippen molar-refractivity contribution >= 4 is 16.7 Å². The number of nitrogens with one attached hydrogen (secondary N) is 1. The van der Waals surface area contributed by atoms with Crippen LogP contribution in [0.1, 0.15) is 0 Å². The van der Waals surface area contributed by atoms with Gasteiger partial charge in [0.25, 0.3) is 0 Å². The number of hydrogen-bond acceptors (Lipinski definition) is 3. The fourth-order valence-corrected chi connectivity index (χ4v) is 2.71. The molecule has 0 aliphatic heterocycles. The van der Waals surface area contributed by atoms with Gasteiger partial charge in [-0.1, -0.05) is 42.5 Å². The van der Waals surface area contributed by atoms with Crippen LogP contribution in [0.2, 0.25) is 0 Å². The lowest BCUT2D eigenvalue weighted by Crippen LogP contribution is -1.87. The molecule has 4 aromatic rings. The second-order valence-electron chi connectivity index (χ2n) is 5.16. The second kappa shape index (κ2) is 5.00. The Bertz CT molecular complexity index is 924. The third kappa shape index (κ3) is 2.02. The second-order valence-corrected chi connectivity index (χ2v) is 5.16. The molecule has 0 unspecified atom stereocenters. The highest BCUT2D eigenvalue weighted by atomic mass is 15.1. The first kappa shape index (κ1) is 12.6. The van der Waals surface area contributed by atoms with Crippen molar-refractivity contribution in [3.63, 3.8) is 0 Å². The van der Waals surface area contributed by atoms with Crippen molar-refractivity contribution in [2.75, 3.05) is 5.73 Å². The van der Waals surface area contributed by atoms with Gasteiger partial charge in [0.15, 0.2) is 5.82 Å². The topological polar surface area (TPSA) is 67.6 Å². The molecule has 2 aromatic carbocycles. The Morgan fingerprint density at radius 1 is 0.818 bits per heavy atom. The summed E-state index contributed by atoms with van der Waals surface area (Å²) in [6.45, 7) is 0. The van der Waals surface area contributed by atoms with E-state index in [1.54, 1.807) is 6.20 Å². The molecule has 2 aromatic heterocycles. The fraction of sp³-hybridized carbons (Fsp3) is 0. The van der Waals surface area contributed by atoms with E-state index in [1.165, 1.54) is 0 Å². The van der Waals surface area contributed by atoms with E-state index in [0.717, 1.165) is 33.2 Å². The van der Waals surface area contributed by atoms with Crippen LogP contribution in [0.5, 0.6) is 0 Å². The van der Waals surface area contributed by atoms with Gasteiger partial charge in [-0.15, -0.1) is 0 Å².